The maximum absolute atomic E-state index is 12.4. The molecular formula is C75H145NO5. The molecule has 0 saturated heterocycles. The van der Waals surface area contributed by atoms with Gasteiger partial charge in [-0.05, 0) is 57.8 Å². The maximum Gasteiger partial charge on any atom is 0.305 e. The van der Waals surface area contributed by atoms with Gasteiger partial charge in [0.2, 0.25) is 5.91 Å². The second-order valence-corrected chi connectivity index (χ2v) is 25.6. The summed E-state index contributed by atoms with van der Waals surface area (Å²) in [4.78, 5) is 24.5. The van der Waals surface area contributed by atoms with Gasteiger partial charge in [-0.2, -0.15) is 0 Å². The highest BCUT2D eigenvalue weighted by molar-refractivity contribution is 5.76. The SMILES string of the molecule is CCCCCCCCC/C=C\CCCCCCCC(=O)OCCCCCCCCCCCCCCCCCCCCCCCCCCCCCCCCCCCCCCCC(=O)NC(CO)C(O)/C=C/CCCCCCCCCCC. The highest BCUT2D eigenvalue weighted by Crippen LogP contribution is 2.19. The van der Waals surface area contributed by atoms with Crippen LogP contribution in [0.4, 0.5) is 0 Å². The van der Waals surface area contributed by atoms with Gasteiger partial charge < -0.3 is 20.3 Å². The number of nitrogens with one attached hydrogen (secondary N) is 1. The molecule has 0 aliphatic rings. The van der Waals surface area contributed by atoms with Crippen molar-refractivity contribution in [1.82, 2.24) is 5.32 Å². The van der Waals surface area contributed by atoms with Crippen LogP contribution in [-0.4, -0.2) is 47.4 Å². The molecule has 3 N–H and O–H groups in total. The van der Waals surface area contributed by atoms with Gasteiger partial charge in [-0.1, -0.05) is 372 Å². The van der Waals surface area contributed by atoms with Crippen molar-refractivity contribution in [3.05, 3.63) is 24.3 Å². The first-order valence-corrected chi connectivity index (χ1v) is 37.1. The molecule has 0 saturated carbocycles. The van der Waals surface area contributed by atoms with E-state index in [0.717, 1.165) is 44.9 Å². The number of carbonyl (C=O) groups is 2. The second kappa shape index (κ2) is 70.8. The zero-order valence-electron chi connectivity index (χ0n) is 55.0. The van der Waals surface area contributed by atoms with Crippen LogP contribution in [0.25, 0.3) is 0 Å². The fourth-order valence-corrected chi connectivity index (χ4v) is 11.8. The molecule has 0 fully saturated rings. The smallest absolute Gasteiger partial charge is 0.305 e. The number of esters is 1. The van der Waals surface area contributed by atoms with Crippen LogP contribution < -0.4 is 5.32 Å². The molecule has 81 heavy (non-hydrogen) atoms. The summed E-state index contributed by atoms with van der Waals surface area (Å²) in [6, 6.07) is -0.621. The molecule has 2 atom stereocenters. The third-order valence-electron chi connectivity index (χ3n) is 17.5. The van der Waals surface area contributed by atoms with Crippen molar-refractivity contribution in [3.63, 3.8) is 0 Å². The van der Waals surface area contributed by atoms with Crippen LogP contribution in [0.2, 0.25) is 0 Å². The number of aliphatic hydroxyl groups excluding tert-OH is 2. The average molecular weight is 1140 g/mol. The molecule has 0 radical (unpaired) electrons. The Morgan fingerprint density at radius 3 is 0.877 bits per heavy atom. The lowest BCUT2D eigenvalue weighted by Crippen LogP contribution is -2.45. The van der Waals surface area contributed by atoms with Gasteiger partial charge in [0.1, 0.15) is 0 Å². The van der Waals surface area contributed by atoms with Crippen LogP contribution >= 0.6 is 0 Å². The van der Waals surface area contributed by atoms with Crippen LogP contribution in [-0.2, 0) is 14.3 Å². The fourth-order valence-electron chi connectivity index (χ4n) is 11.8. The minimum atomic E-state index is -0.838. The monoisotopic (exact) mass is 1140 g/mol. The number of amides is 1. The van der Waals surface area contributed by atoms with Gasteiger partial charge in [-0.25, -0.2) is 0 Å². The third-order valence-corrected chi connectivity index (χ3v) is 17.5. The van der Waals surface area contributed by atoms with Gasteiger partial charge in [0, 0.05) is 12.8 Å². The predicted molar refractivity (Wildman–Crippen MR) is 356 cm³/mol. The molecule has 0 rings (SSSR count). The molecule has 0 aromatic carbocycles. The van der Waals surface area contributed by atoms with E-state index in [-0.39, 0.29) is 18.5 Å². The summed E-state index contributed by atoms with van der Waals surface area (Å²) in [5.41, 5.74) is 0. The van der Waals surface area contributed by atoms with Crippen molar-refractivity contribution in [2.24, 2.45) is 0 Å². The summed E-state index contributed by atoms with van der Waals surface area (Å²) in [6.07, 6.45) is 90.1. The summed E-state index contributed by atoms with van der Waals surface area (Å²) >= 11 is 0. The Morgan fingerprint density at radius 1 is 0.333 bits per heavy atom. The number of ether oxygens (including phenoxy) is 1. The number of hydrogen-bond donors (Lipinski definition) is 3. The number of allylic oxidation sites excluding steroid dienone is 3. The van der Waals surface area contributed by atoms with Crippen molar-refractivity contribution < 1.29 is 24.5 Å². The largest absolute Gasteiger partial charge is 0.466 e. The maximum atomic E-state index is 12.4. The van der Waals surface area contributed by atoms with Gasteiger partial charge in [-0.15, -0.1) is 0 Å². The quantitative estimate of drug-likeness (QED) is 0.0320. The Balaban J connectivity index is 3.28. The highest BCUT2D eigenvalue weighted by Gasteiger charge is 2.18. The van der Waals surface area contributed by atoms with E-state index in [2.05, 4.69) is 31.3 Å². The molecule has 6 nitrogen and oxygen atoms in total. The molecule has 6 heteroatoms. The molecule has 0 aliphatic carbocycles. The first-order chi connectivity index (χ1) is 40.0. The molecule has 2 unspecified atom stereocenters. The molecule has 0 aromatic heterocycles. The second-order valence-electron chi connectivity index (χ2n) is 25.6. The number of hydrogen-bond acceptors (Lipinski definition) is 5. The molecule has 1 amide bonds. The third kappa shape index (κ3) is 67.3. The van der Waals surface area contributed by atoms with Crippen molar-refractivity contribution in [2.45, 2.75) is 431 Å². The zero-order chi connectivity index (χ0) is 58.5. The van der Waals surface area contributed by atoms with Crippen LogP contribution in [0.1, 0.15) is 418 Å². The van der Waals surface area contributed by atoms with Crippen molar-refractivity contribution >= 4 is 11.9 Å². The summed E-state index contributed by atoms with van der Waals surface area (Å²) in [5.74, 6) is -0.0452. The fraction of sp³-hybridized carbons (Fsp3) is 0.920. The lowest BCUT2D eigenvalue weighted by Gasteiger charge is -2.20. The summed E-state index contributed by atoms with van der Waals surface area (Å²) < 4.78 is 5.50. The Morgan fingerprint density at radius 2 is 0.580 bits per heavy atom. The van der Waals surface area contributed by atoms with Gasteiger partial charge >= 0.3 is 5.97 Å². The zero-order valence-corrected chi connectivity index (χ0v) is 55.0. The van der Waals surface area contributed by atoms with Crippen molar-refractivity contribution in [1.29, 1.82) is 0 Å². The van der Waals surface area contributed by atoms with E-state index in [9.17, 15) is 19.8 Å². The minimum Gasteiger partial charge on any atom is -0.466 e. The van der Waals surface area contributed by atoms with Gasteiger partial charge in [0.05, 0.1) is 25.4 Å². The molecule has 480 valence electrons. The first kappa shape index (κ1) is 79.3. The van der Waals surface area contributed by atoms with E-state index in [1.807, 2.05) is 6.08 Å². The van der Waals surface area contributed by atoms with E-state index in [1.54, 1.807) is 6.08 Å². The van der Waals surface area contributed by atoms with Crippen molar-refractivity contribution in [3.8, 4) is 0 Å². The van der Waals surface area contributed by atoms with E-state index in [0.29, 0.717) is 19.4 Å². The number of rotatable bonds is 70. The first-order valence-electron chi connectivity index (χ1n) is 37.1. The normalized spacial score (nSPS) is 12.6. The minimum absolute atomic E-state index is 0.0164. The molecular weight excluding hydrogens is 995 g/mol. The van der Waals surface area contributed by atoms with Crippen LogP contribution in [0.5, 0.6) is 0 Å². The standard InChI is InChI=1S/C75H145NO5/c1-3-5-7-9-11-13-15-16-17-42-45-49-53-57-61-65-69-75(80)81-70-66-62-58-54-50-46-43-40-38-36-34-32-30-28-26-24-22-20-18-19-21-23-25-27-29-31-33-35-37-39-41-44-48-52-56-60-64-68-74(79)76-72(71-77)73(78)67-63-59-55-51-47-14-12-10-8-6-4-2/h17,42,63,67,72-73,77-78H,3-16,18-41,43-62,64-66,68-71H2,1-2H3,(H,76,79)/b42-17-,67-63+. The molecule has 0 spiro atoms. The Labute approximate surface area is 507 Å². The lowest BCUT2D eigenvalue weighted by atomic mass is 10.0. The van der Waals surface area contributed by atoms with Crippen LogP contribution in [0.15, 0.2) is 24.3 Å². The highest BCUT2D eigenvalue weighted by atomic mass is 16.5. The van der Waals surface area contributed by atoms with Gasteiger partial charge in [0.15, 0.2) is 0 Å². The van der Waals surface area contributed by atoms with E-state index in [1.165, 1.54) is 347 Å². The number of aliphatic hydroxyl groups is 2. The molecule has 0 heterocycles. The average Bonchev–Trinajstić information content (AvgIpc) is 3.47. The van der Waals surface area contributed by atoms with Gasteiger partial charge in [0.25, 0.3) is 0 Å². The molecule has 0 aliphatic heterocycles. The Hall–Kier alpha value is -1.66. The topological polar surface area (TPSA) is 95.9 Å². The Kier molecular flexibility index (Phi) is 69.4. The van der Waals surface area contributed by atoms with Crippen LogP contribution in [0, 0.1) is 0 Å². The number of carbonyl (C=O) groups excluding carboxylic acids is 2. The van der Waals surface area contributed by atoms with Gasteiger partial charge in [-0.3, -0.25) is 9.59 Å². The Bertz CT molecular complexity index is 1270. The van der Waals surface area contributed by atoms with E-state index < -0.39 is 12.1 Å². The molecule has 0 aromatic rings. The van der Waals surface area contributed by atoms with Crippen LogP contribution in [0.3, 0.4) is 0 Å². The molecule has 0 bridgehead atoms. The number of unbranched alkanes of at least 4 members (excludes halogenated alkanes) is 57. The summed E-state index contributed by atoms with van der Waals surface area (Å²) in [7, 11) is 0. The predicted octanol–water partition coefficient (Wildman–Crippen LogP) is 24.1. The van der Waals surface area contributed by atoms with E-state index in [4.69, 9.17) is 4.74 Å². The van der Waals surface area contributed by atoms with Crippen molar-refractivity contribution in [2.75, 3.05) is 13.2 Å². The summed E-state index contributed by atoms with van der Waals surface area (Å²) in [6.45, 7) is 4.92. The summed E-state index contributed by atoms with van der Waals surface area (Å²) in [5, 5.41) is 23.1. The van der Waals surface area contributed by atoms with E-state index >= 15 is 0 Å². The lowest BCUT2D eigenvalue weighted by molar-refractivity contribution is -0.143.